The Morgan fingerprint density at radius 1 is 1.64 bits per heavy atom. The second-order valence-corrected chi connectivity index (χ2v) is 6.12. The van der Waals surface area contributed by atoms with Crippen LogP contribution in [-0.2, 0) is 10.0 Å². The Hall–Kier alpha value is -0.560. The average molecular weight is 283 g/mol. The fourth-order valence-electron chi connectivity index (χ4n) is 0.790. The lowest BCUT2D eigenvalue weighted by Crippen LogP contribution is -2.12. The van der Waals surface area contributed by atoms with Crippen molar-refractivity contribution in [2.75, 3.05) is 9.38 Å². The van der Waals surface area contributed by atoms with E-state index in [2.05, 4.69) is 25.8 Å². The minimum Gasteiger partial charge on any atom is -0.338 e. The summed E-state index contributed by atoms with van der Waals surface area (Å²) in [5.74, 6) is 0.356. The highest BCUT2D eigenvalue weighted by atomic mass is 79.9. The maximum atomic E-state index is 11.1. The summed E-state index contributed by atoms with van der Waals surface area (Å²) in [5.41, 5.74) is 0.720. The maximum Gasteiger partial charge on any atom is 0.245 e. The van der Waals surface area contributed by atoms with Crippen molar-refractivity contribution < 1.29 is 12.9 Å². The largest absolute Gasteiger partial charge is 0.338 e. The number of nitrogens with one attached hydrogen (secondary N) is 1. The van der Waals surface area contributed by atoms with Crippen LogP contribution in [0.5, 0.6) is 0 Å². The molecule has 0 aliphatic heterocycles. The molecule has 0 saturated carbocycles. The highest BCUT2D eigenvalue weighted by Crippen LogP contribution is 2.18. The van der Waals surface area contributed by atoms with Gasteiger partial charge in [0.15, 0.2) is 0 Å². The van der Waals surface area contributed by atoms with Gasteiger partial charge in [-0.2, -0.15) is 0 Å². The summed E-state index contributed by atoms with van der Waals surface area (Å²) in [6.45, 7) is 3.89. The van der Waals surface area contributed by atoms with Crippen LogP contribution >= 0.6 is 15.9 Å². The van der Waals surface area contributed by atoms with Crippen molar-refractivity contribution in [2.45, 2.75) is 19.8 Å². The Kier molecular flexibility index (Phi) is 3.54. The van der Waals surface area contributed by atoms with Gasteiger partial charge in [0.05, 0.1) is 5.69 Å². The molecule has 1 rings (SSSR count). The number of aromatic nitrogens is 1. The van der Waals surface area contributed by atoms with Gasteiger partial charge in [0.1, 0.15) is 4.66 Å². The van der Waals surface area contributed by atoms with E-state index in [0.29, 0.717) is 0 Å². The quantitative estimate of drug-likeness (QED) is 0.856. The molecule has 5 nitrogen and oxygen atoms in total. The van der Waals surface area contributed by atoms with Gasteiger partial charge in [-0.15, -0.1) is 0 Å². The number of hydrogen-bond donors (Lipinski definition) is 1. The van der Waals surface area contributed by atoms with Crippen molar-refractivity contribution in [2.24, 2.45) is 0 Å². The van der Waals surface area contributed by atoms with Crippen molar-refractivity contribution in [1.82, 2.24) is 5.16 Å². The van der Waals surface area contributed by atoms with Gasteiger partial charge in [-0.05, 0) is 5.92 Å². The van der Waals surface area contributed by atoms with Gasteiger partial charge in [-0.3, -0.25) is 4.72 Å². The SMILES string of the molecule is CC(C)c1cc(NS(=O)(=O)CBr)on1. The predicted molar refractivity (Wildman–Crippen MR) is 56.9 cm³/mol. The van der Waals surface area contributed by atoms with E-state index >= 15 is 0 Å². The molecule has 0 amide bonds. The molecular weight excluding hydrogens is 272 g/mol. The number of hydrogen-bond acceptors (Lipinski definition) is 4. The van der Waals surface area contributed by atoms with E-state index in [0.717, 1.165) is 5.69 Å². The van der Waals surface area contributed by atoms with Gasteiger partial charge in [0.2, 0.25) is 15.9 Å². The van der Waals surface area contributed by atoms with Gasteiger partial charge < -0.3 is 4.52 Å². The van der Waals surface area contributed by atoms with Crippen molar-refractivity contribution >= 4 is 31.8 Å². The normalized spacial score (nSPS) is 12.0. The van der Waals surface area contributed by atoms with Crippen molar-refractivity contribution in [3.63, 3.8) is 0 Å². The lowest BCUT2D eigenvalue weighted by molar-refractivity contribution is 0.423. The summed E-state index contributed by atoms with van der Waals surface area (Å²) in [4.78, 5) is 0. The second-order valence-electron chi connectivity index (χ2n) is 3.10. The maximum absolute atomic E-state index is 11.1. The van der Waals surface area contributed by atoms with Crippen LogP contribution in [0, 0.1) is 0 Å². The van der Waals surface area contributed by atoms with Crippen molar-refractivity contribution in [3.8, 4) is 0 Å². The predicted octanol–water partition coefficient (Wildman–Crippen LogP) is 1.89. The monoisotopic (exact) mass is 282 g/mol. The molecule has 7 heteroatoms. The Balaban J connectivity index is 2.79. The third-order valence-electron chi connectivity index (χ3n) is 1.52. The first-order chi connectivity index (χ1) is 6.44. The molecule has 0 fully saturated rings. The topological polar surface area (TPSA) is 72.2 Å². The number of rotatable bonds is 4. The molecule has 1 aromatic heterocycles. The zero-order valence-corrected chi connectivity index (χ0v) is 10.2. The summed E-state index contributed by atoms with van der Waals surface area (Å²) < 4.78 is 29.1. The summed E-state index contributed by atoms with van der Waals surface area (Å²) in [7, 11) is -3.35. The van der Waals surface area contributed by atoms with Crippen molar-refractivity contribution in [3.05, 3.63) is 11.8 Å². The molecule has 0 saturated heterocycles. The highest BCUT2D eigenvalue weighted by Gasteiger charge is 2.13. The number of alkyl halides is 1. The Labute approximate surface area is 91.0 Å². The summed E-state index contributed by atoms with van der Waals surface area (Å²) >= 11 is 2.85. The van der Waals surface area contributed by atoms with Crippen molar-refractivity contribution in [1.29, 1.82) is 0 Å². The van der Waals surface area contributed by atoms with Gasteiger partial charge in [-0.1, -0.05) is 34.9 Å². The lowest BCUT2D eigenvalue weighted by atomic mass is 10.1. The molecule has 1 N–H and O–H groups in total. The van der Waals surface area contributed by atoms with E-state index in [-0.39, 0.29) is 16.5 Å². The van der Waals surface area contributed by atoms with Gasteiger partial charge in [0.25, 0.3) is 0 Å². The van der Waals surface area contributed by atoms with Gasteiger partial charge >= 0.3 is 0 Å². The smallest absolute Gasteiger partial charge is 0.245 e. The van der Waals surface area contributed by atoms with Crippen LogP contribution in [0.4, 0.5) is 5.88 Å². The third-order valence-corrected chi connectivity index (χ3v) is 4.13. The molecule has 1 heterocycles. The Morgan fingerprint density at radius 3 is 2.71 bits per heavy atom. The zero-order chi connectivity index (χ0) is 10.8. The number of nitrogens with zero attached hydrogens (tertiary/aromatic N) is 1. The third kappa shape index (κ3) is 2.98. The Bertz CT molecular complexity index is 399. The fourth-order valence-corrected chi connectivity index (χ4v) is 1.59. The molecule has 0 aliphatic carbocycles. The van der Waals surface area contributed by atoms with E-state index in [1.165, 1.54) is 0 Å². The summed E-state index contributed by atoms with van der Waals surface area (Å²) in [6, 6.07) is 1.57. The standard InChI is InChI=1S/C7H11BrN2O3S/c1-5(2)6-3-7(13-9-6)10-14(11,12)4-8/h3,5,10H,4H2,1-2H3. The molecule has 80 valence electrons. The molecule has 0 unspecified atom stereocenters. The minimum absolute atomic E-state index is 0.146. The van der Waals surface area contributed by atoms with E-state index in [1.807, 2.05) is 13.8 Å². The van der Waals surface area contributed by atoms with E-state index in [1.54, 1.807) is 6.07 Å². The number of sulfonamides is 1. The lowest BCUT2D eigenvalue weighted by Gasteiger charge is -1.98. The molecular formula is C7H11BrN2O3S. The summed E-state index contributed by atoms with van der Waals surface area (Å²) in [5, 5.41) is 3.72. The summed E-state index contributed by atoms with van der Waals surface area (Å²) in [6.07, 6.45) is 0. The minimum atomic E-state index is -3.35. The molecule has 0 bridgehead atoms. The average Bonchev–Trinajstić information content (AvgIpc) is 2.52. The molecule has 0 aromatic carbocycles. The van der Waals surface area contributed by atoms with Crippen LogP contribution in [0.3, 0.4) is 0 Å². The number of anilines is 1. The Morgan fingerprint density at radius 2 is 2.29 bits per heavy atom. The first kappa shape index (κ1) is 11.5. The van der Waals surface area contributed by atoms with Crippen LogP contribution in [0.25, 0.3) is 0 Å². The highest BCUT2D eigenvalue weighted by molar-refractivity contribution is 9.10. The van der Waals surface area contributed by atoms with Crippen LogP contribution in [0.1, 0.15) is 25.5 Å². The molecule has 0 radical (unpaired) electrons. The van der Waals surface area contributed by atoms with E-state index in [9.17, 15) is 8.42 Å². The van der Waals surface area contributed by atoms with E-state index < -0.39 is 10.0 Å². The van der Waals surface area contributed by atoms with Gasteiger partial charge in [-0.25, -0.2) is 8.42 Å². The first-order valence-corrected chi connectivity index (χ1v) is 6.75. The fraction of sp³-hybridized carbons (Fsp3) is 0.571. The molecule has 0 aliphatic rings. The zero-order valence-electron chi connectivity index (χ0n) is 7.82. The van der Waals surface area contributed by atoms with Crippen LogP contribution in [0.15, 0.2) is 10.6 Å². The van der Waals surface area contributed by atoms with Crippen LogP contribution in [-0.4, -0.2) is 18.2 Å². The van der Waals surface area contributed by atoms with Gasteiger partial charge in [0, 0.05) is 6.07 Å². The number of halogens is 1. The second kappa shape index (κ2) is 4.31. The molecule has 1 aromatic rings. The first-order valence-electron chi connectivity index (χ1n) is 3.97. The van der Waals surface area contributed by atoms with Crippen LogP contribution in [0.2, 0.25) is 0 Å². The van der Waals surface area contributed by atoms with Crippen LogP contribution < -0.4 is 4.72 Å². The van der Waals surface area contributed by atoms with E-state index in [4.69, 9.17) is 4.52 Å². The molecule has 0 spiro atoms. The molecule has 0 atom stereocenters. The molecule has 14 heavy (non-hydrogen) atoms.